The molecular weight excluding hydrogens is 143 g/mol. The quantitative estimate of drug-likeness (QED) is 0.631. The van der Waals surface area contributed by atoms with Crippen molar-refractivity contribution in [1.29, 1.82) is 0 Å². The molecule has 0 fully saturated rings. The standard InChI is InChI=1S/C8H9FN2/c9-7-3-1-2-6(4-7)8(11)5-10/h1-5H,10-11H2/b8-5-. The van der Waals surface area contributed by atoms with E-state index in [0.29, 0.717) is 11.3 Å². The fraction of sp³-hybridized carbons (Fsp3) is 0. The molecule has 0 saturated carbocycles. The molecule has 1 rings (SSSR count). The van der Waals surface area contributed by atoms with Gasteiger partial charge in [0.1, 0.15) is 5.82 Å². The molecule has 4 N–H and O–H groups in total. The molecule has 0 aromatic heterocycles. The van der Waals surface area contributed by atoms with Crippen molar-refractivity contribution in [2.24, 2.45) is 11.5 Å². The lowest BCUT2D eigenvalue weighted by atomic mass is 10.2. The van der Waals surface area contributed by atoms with Gasteiger partial charge in [0.2, 0.25) is 0 Å². The maximum atomic E-state index is 12.5. The van der Waals surface area contributed by atoms with Crippen molar-refractivity contribution in [2.45, 2.75) is 0 Å². The largest absolute Gasteiger partial charge is 0.403 e. The highest BCUT2D eigenvalue weighted by Crippen LogP contribution is 2.08. The van der Waals surface area contributed by atoms with Gasteiger partial charge in [0, 0.05) is 11.8 Å². The minimum atomic E-state index is -0.313. The van der Waals surface area contributed by atoms with Crippen molar-refractivity contribution < 1.29 is 4.39 Å². The van der Waals surface area contributed by atoms with Crippen LogP contribution in [0, 0.1) is 5.82 Å². The van der Waals surface area contributed by atoms with Gasteiger partial charge in [0.15, 0.2) is 0 Å². The van der Waals surface area contributed by atoms with Gasteiger partial charge in [-0.05, 0) is 12.1 Å². The molecule has 0 bridgehead atoms. The highest BCUT2D eigenvalue weighted by Gasteiger charge is 1.95. The van der Waals surface area contributed by atoms with E-state index in [0.717, 1.165) is 0 Å². The Kier molecular flexibility index (Phi) is 2.11. The summed E-state index contributed by atoms with van der Waals surface area (Å²) < 4.78 is 12.5. The summed E-state index contributed by atoms with van der Waals surface area (Å²) in [7, 11) is 0. The molecule has 0 spiro atoms. The van der Waals surface area contributed by atoms with Crippen molar-refractivity contribution in [3.8, 4) is 0 Å². The molecule has 11 heavy (non-hydrogen) atoms. The molecule has 1 aromatic carbocycles. The first-order valence-corrected chi connectivity index (χ1v) is 3.17. The summed E-state index contributed by atoms with van der Waals surface area (Å²) in [6, 6.07) is 5.97. The molecule has 0 saturated heterocycles. The normalized spacial score (nSPS) is 11.5. The smallest absolute Gasteiger partial charge is 0.123 e. The SMILES string of the molecule is N/C=C(\N)c1cccc(F)c1. The molecule has 0 aliphatic heterocycles. The average molecular weight is 152 g/mol. The molecule has 0 radical (unpaired) electrons. The molecule has 58 valence electrons. The van der Waals surface area contributed by atoms with Crippen LogP contribution in [0.25, 0.3) is 5.70 Å². The molecule has 2 nitrogen and oxygen atoms in total. The van der Waals surface area contributed by atoms with Crippen LogP contribution in [0.15, 0.2) is 30.5 Å². The van der Waals surface area contributed by atoms with Gasteiger partial charge in [0.05, 0.1) is 5.70 Å². The Hall–Kier alpha value is -1.51. The van der Waals surface area contributed by atoms with E-state index in [2.05, 4.69) is 0 Å². The third kappa shape index (κ3) is 1.70. The molecule has 0 unspecified atom stereocenters. The molecule has 0 aliphatic carbocycles. The van der Waals surface area contributed by atoms with Crippen LogP contribution in [0.2, 0.25) is 0 Å². The van der Waals surface area contributed by atoms with Crippen molar-refractivity contribution in [3.63, 3.8) is 0 Å². The van der Waals surface area contributed by atoms with Crippen LogP contribution in [0.1, 0.15) is 5.56 Å². The molecular formula is C8H9FN2. The van der Waals surface area contributed by atoms with Gasteiger partial charge < -0.3 is 11.5 Å². The Labute approximate surface area is 64.3 Å². The van der Waals surface area contributed by atoms with Crippen LogP contribution >= 0.6 is 0 Å². The van der Waals surface area contributed by atoms with Crippen molar-refractivity contribution >= 4 is 5.70 Å². The van der Waals surface area contributed by atoms with Crippen LogP contribution < -0.4 is 11.5 Å². The van der Waals surface area contributed by atoms with E-state index in [-0.39, 0.29) is 5.82 Å². The number of benzene rings is 1. The fourth-order valence-corrected chi connectivity index (χ4v) is 0.764. The monoisotopic (exact) mass is 152 g/mol. The van der Waals surface area contributed by atoms with E-state index in [9.17, 15) is 4.39 Å². The minimum Gasteiger partial charge on any atom is -0.403 e. The molecule has 0 amide bonds. The van der Waals surface area contributed by atoms with Gasteiger partial charge in [-0.15, -0.1) is 0 Å². The summed E-state index contributed by atoms with van der Waals surface area (Å²) in [5, 5.41) is 0. The van der Waals surface area contributed by atoms with E-state index in [4.69, 9.17) is 11.5 Å². The van der Waals surface area contributed by atoms with Crippen LogP contribution in [0.5, 0.6) is 0 Å². The number of hydrogen-bond donors (Lipinski definition) is 2. The Morgan fingerprint density at radius 3 is 2.73 bits per heavy atom. The number of nitrogens with two attached hydrogens (primary N) is 2. The third-order valence-corrected chi connectivity index (χ3v) is 1.34. The second-order valence-electron chi connectivity index (χ2n) is 2.13. The Balaban J connectivity index is 3.06. The van der Waals surface area contributed by atoms with E-state index >= 15 is 0 Å². The lowest BCUT2D eigenvalue weighted by molar-refractivity contribution is 0.627. The minimum absolute atomic E-state index is 0.313. The number of hydrogen-bond acceptors (Lipinski definition) is 2. The summed E-state index contributed by atoms with van der Waals surface area (Å²) in [6.45, 7) is 0. The summed E-state index contributed by atoms with van der Waals surface area (Å²) in [6.07, 6.45) is 1.24. The van der Waals surface area contributed by atoms with Gasteiger partial charge >= 0.3 is 0 Å². The topological polar surface area (TPSA) is 52.0 Å². The molecule has 0 aliphatic rings. The Morgan fingerprint density at radius 2 is 2.18 bits per heavy atom. The maximum Gasteiger partial charge on any atom is 0.123 e. The first kappa shape index (κ1) is 7.60. The second-order valence-corrected chi connectivity index (χ2v) is 2.13. The van der Waals surface area contributed by atoms with Crippen LogP contribution in [0.3, 0.4) is 0 Å². The molecule has 1 aromatic rings. The van der Waals surface area contributed by atoms with Gasteiger partial charge in [0.25, 0.3) is 0 Å². The summed E-state index contributed by atoms with van der Waals surface area (Å²) in [4.78, 5) is 0. The van der Waals surface area contributed by atoms with Gasteiger partial charge in [-0.25, -0.2) is 4.39 Å². The second kappa shape index (κ2) is 3.05. The highest BCUT2D eigenvalue weighted by molar-refractivity contribution is 5.61. The summed E-state index contributed by atoms with van der Waals surface area (Å²) >= 11 is 0. The first-order valence-electron chi connectivity index (χ1n) is 3.17. The Morgan fingerprint density at radius 1 is 1.45 bits per heavy atom. The van der Waals surface area contributed by atoms with Gasteiger partial charge in [-0.1, -0.05) is 12.1 Å². The third-order valence-electron chi connectivity index (χ3n) is 1.34. The molecule has 3 heteroatoms. The van der Waals surface area contributed by atoms with Crippen LogP contribution in [-0.2, 0) is 0 Å². The molecule has 0 heterocycles. The van der Waals surface area contributed by atoms with E-state index in [1.54, 1.807) is 12.1 Å². The maximum absolute atomic E-state index is 12.5. The zero-order chi connectivity index (χ0) is 8.27. The summed E-state index contributed by atoms with van der Waals surface area (Å²) in [5.41, 5.74) is 11.6. The predicted molar refractivity (Wildman–Crippen MR) is 42.8 cm³/mol. The zero-order valence-electron chi connectivity index (χ0n) is 5.92. The van der Waals surface area contributed by atoms with Crippen molar-refractivity contribution in [1.82, 2.24) is 0 Å². The first-order chi connectivity index (χ1) is 5.24. The van der Waals surface area contributed by atoms with Crippen LogP contribution in [-0.4, -0.2) is 0 Å². The average Bonchev–Trinajstić information content (AvgIpc) is 2.03. The van der Waals surface area contributed by atoms with Gasteiger partial charge in [-0.3, -0.25) is 0 Å². The molecule has 0 atom stereocenters. The van der Waals surface area contributed by atoms with Crippen molar-refractivity contribution in [3.05, 3.63) is 41.8 Å². The summed E-state index contributed by atoms with van der Waals surface area (Å²) in [5.74, 6) is -0.313. The fourth-order valence-electron chi connectivity index (χ4n) is 0.764. The lowest BCUT2D eigenvalue weighted by Gasteiger charge is -1.98. The Bertz CT molecular complexity index is 281. The van der Waals surface area contributed by atoms with Crippen LogP contribution in [0.4, 0.5) is 4.39 Å². The lowest BCUT2D eigenvalue weighted by Crippen LogP contribution is -1.99. The number of rotatable bonds is 1. The predicted octanol–water partition coefficient (Wildman–Crippen LogP) is 1.04. The van der Waals surface area contributed by atoms with Gasteiger partial charge in [-0.2, -0.15) is 0 Å². The number of halogens is 1. The van der Waals surface area contributed by atoms with E-state index < -0.39 is 0 Å². The van der Waals surface area contributed by atoms with E-state index in [1.165, 1.54) is 18.3 Å². The van der Waals surface area contributed by atoms with E-state index in [1.807, 2.05) is 0 Å². The highest BCUT2D eigenvalue weighted by atomic mass is 19.1. The zero-order valence-corrected chi connectivity index (χ0v) is 5.92. The van der Waals surface area contributed by atoms with Crippen molar-refractivity contribution in [2.75, 3.05) is 0 Å².